The van der Waals surface area contributed by atoms with E-state index in [2.05, 4.69) is 5.32 Å². The van der Waals surface area contributed by atoms with Gasteiger partial charge in [0.25, 0.3) is 5.91 Å². The van der Waals surface area contributed by atoms with Crippen LogP contribution in [0.15, 0.2) is 17.5 Å². The molecule has 1 atom stereocenters. The lowest BCUT2D eigenvalue weighted by Crippen LogP contribution is -2.42. The molecule has 3 N–H and O–H groups in total. The summed E-state index contributed by atoms with van der Waals surface area (Å²) in [5.41, 5.74) is 0. The first-order valence-electron chi connectivity index (χ1n) is 5.38. The molecule has 8 heteroatoms. The van der Waals surface area contributed by atoms with Crippen molar-refractivity contribution in [2.45, 2.75) is 6.10 Å². The average molecular weight is 286 g/mol. The minimum Gasteiger partial charge on any atom is -0.479 e. The summed E-state index contributed by atoms with van der Waals surface area (Å²) in [6.07, 6.45) is -1.65. The highest BCUT2D eigenvalue weighted by Crippen LogP contribution is 2.10. The molecule has 0 aliphatic rings. The number of rotatable bonds is 6. The Kier molecular flexibility index (Phi) is 5.46. The second kappa shape index (κ2) is 6.86. The Bertz CT molecular complexity index is 460. The van der Waals surface area contributed by atoms with Crippen molar-refractivity contribution in [1.29, 1.82) is 0 Å². The van der Waals surface area contributed by atoms with Gasteiger partial charge in [0.15, 0.2) is 6.10 Å². The summed E-state index contributed by atoms with van der Waals surface area (Å²) < 4.78 is 0. The van der Waals surface area contributed by atoms with Crippen LogP contribution in [-0.4, -0.2) is 59.1 Å². The Balaban J connectivity index is 2.40. The largest absolute Gasteiger partial charge is 0.479 e. The molecule has 1 heterocycles. The fourth-order valence-electron chi connectivity index (χ4n) is 1.23. The predicted octanol–water partition coefficient (Wildman–Crippen LogP) is -0.618. The van der Waals surface area contributed by atoms with E-state index in [1.165, 1.54) is 23.3 Å². The Morgan fingerprint density at radius 2 is 2.16 bits per heavy atom. The third-order valence-corrected chi connectivity index (χ3v) is 3.09. The van der Waals surface area contributed by atoms with Gasteiger partial charge in [-0.25, -0.2) is 4.79 Å². The second-order valence-electron chi connectivity index (χ2n) is 3.80. The molecule has 0 spiro atoms. The summed E-state index contributed by atoms with van der Waals surface area (Å²) in [7, 11) is 1.47. The van der Waals surface area contributed by atoms with E-state index < -0.39 is 24.5 Å². The summed E-state index contributed by atoms with van der Waals surface area (Å²) in [4.78, 5) is 35.3. The molecule has 1 aromatic rings. The van der Waals surface area contributed by atoms with Crippen LogP contribution < -0.4 is 5.32 Å². The highest BCUT2D eigenvalue weighted by Gasteiger charge is 2.18. The maximum Gasteiger partial charge on any atom is 0.334 e. The fraction of sp³-hybridized carbons (Fsp3) is 0.364. The summed E-state index contributed by atoms with van der Waals surface area (Å²) in [5.74, 6) is -2.24. The molecule has 0 aliphatic heterocycles. The van der Waals surface area contributed by atoms with Crippen molar-refractivity contribution >= 4 is 29.1 Å². The van der Waals surface area contributed by atoms with Crippen LogP contribution in [0.2, 0.25) is 0 Å². The number of nitrogens with one attached hydrogen (secondary N) is 1. The van der Waals surface area contributed by atoms with Crippen LogP contribution in [0.1, 0.15) is 9.67 Å². The van der Waals surface area contributed by atoms with Gasteiger partial charge in [-0.15, -0.1) is 11.3 Å². The topological polar surface area (TPSA) is 107 Å². The monoisotopic (exact) mass is 286 g/mol. The number of amides is 2. The number of aliphatic carboxylic acids is 1. The van der Waals surface area contributed by atoms with Crippen LogP contribution in [0.3, 0.4) is 0 Å². The first-order valence-corrected chi connectivity index (χ1v) is 6.26. The number of aliphatic hydroxyl groups excluding tert-OH is 1. The van der Waals surface area contributed by atoms with E-state index in [9.17, 15) is 14.4 Å². The second-order valence-corrected chi connectivity index (χ2v) is 4.74. The summed E-state index contributed by atoms with van der Waals surface area (Å²) in [6, 6.07) is 3.38. The van der Waals surface area contributed by atoms with Crippen molar-refractivity contribution in [2.24, 2.45) is 0 Å². The molecule has 0 bridgehead atoms. The lowest BCUT2D eigenvalue weighted by Gasteiger charge is -2.16. The molecular weight excluding hydrogens is 272 g/mol. The molecule has 1 unspecified atom stereocenters. The van der Waals surface area contributed by atoms with Gasteiger partial charge in [0.1, 0.15) is 0 Å². The van der Waals surface area contributed by atoms with Crippen LogP contribution in [0.5, 0.6) is 0 Å². The van der Waals surface area contributed by atoms with Crippen LogP contribution in [-0.2, 0) is 9.59 Å². The number of carbonyl (C=O) groups excluding carboxylic acids is 2. The van der Waals surface area contributed by atoms with Gasteiger partial charge in [0, 0.05) is 7.05 Å². The van der Waals surface area contributed by atoms with Gasteiger partial charge in [-0.1, -0.05) is 6.07 Å². The van der Waals surface area contributed by atoms with Crippen molar-refractivity contribution in [2.75, 3.05) is 20.1 Å². The van der Waals surface area contributed by atoms with Gasteiger partial charge in [-0.05, 0) is 11.4 Å². The molecule has 2 amide bonds. The van der Waals surface area contributed by atoms with Crippen molar-refractivity contribution in [3.63, 3.8) is 0 Å². The zero-order valence-corrected chi connectivity index (χ0v) is 11.0. The Labute approximate surface area is 113 Å². The maximum atomic E-state index is 11.8. The third kappa shape index (κ3) is 4.68. The van der Waals surface area contributed by atoms with Gasteiger partial charge < -0.3 is 20.4 Å². The zero-order chi connectivity index (χ0) is 14.4. The van der Waals surface area contributed by atoms with E-state index >= 15 is 0 Å². The predicted molar refractivity (Wildman–Crippen MR) is 67.9 cm³/mol. The lowest BCUT2D eigenvalue weighted by atomic mass is 10.3. The number of carboxylic acid groups (broad SMARTS) is 1. The Morgan fingerprint density at radius 3 is 2.68 bits per heavy atom. The number of nitrogens with zero attached hydrogens (tertiary/aromatic N) is 1. The van der Waals surface area contributed by atoms with E-state index in [0.29, 0.717) is 4.88 Å². The van der Waals surface area contributed by atoms with Crippen LogP contribution in [0.25, 0.3) is 0 Å². The normalized spacial score (nSPS) is 11.7. The lowest BCUT2D eigenvalue weighted by molar-refractivity contribution is -0.146. The smallest absolute Gasteiger partial charge is 0.334 e. The minimum atomic E-state index is -1.65. The Hall–Kier alpha value is -1.93. The van der Waals surface area contributed by atoms with Gasteiger partial charge in [-0.3, -0.25) is 9.59 Å². The summed E-state index contributed by atoms with van der Waals surface area (Å²) in [5, 5.41) is 21.4. The SMILES string of the molecule is CN(CC(=O)NCC(O)C(=O)O)C(=O)c1cccs1. The van der Waals surface area contributed by atoms with E-state index in [-0.39, 0.29) is 12.5 Å². The molecule has 19 heavy (non-hydrogen) atoms. The van der Waals surface area contributed by atoms with Gasteiger partial charge in [0.2, 0.25) is 5.91 Å². The van der Waals surface area contributed by atoms with Gasteiger partial charge in [-0.2, -0.15) is 0 Å². The van der Waals surface area contributed by atoms with Crippen molar-refractivity contribution < 1.29 is 24.6 Å². The van der Waals surface area contributed by atoms with E-state index in [1.807, 2.05) is 0 Å². The molecule has 104 valence electrons. The molecule has 0 fully saturated rings. The molecule has 0 saturated heterocycles. The quantitative estimate of drug-likeness (QED) is 0.646. The molecule has 0 aromatic carbocycles. The molecule has 0 saturated carbocycles. The fourth-order valence-corrected chi connectivity index (χ4v) is 1.95. The average Bonchev–Trinajstić information content (AvgIpc) is 2.88. The third-order valence-electron chi connectivity index (χ3n) is 2.24. The van der Waals surface area contributed by atoms with Crippen molar-refractivity contribution in [1.82, 2.24) is 10.2 Å². The Morgan fingerprint density at radius 1 is 1.47 bits per heavy atom. The number of hydrogen-bond acceptors (Lipinski definition) is 5. The highest BCUT2D eigenvalue weighted by molar-refractivity contribution is 7.12. The summed E-state index contributed by atoms with van der Waals surface area (Å²) in [6.45, 7) is -0.599. The molecular formula is C11H14N2O5S. The zero-order valence-electron chi connectivity index (χ0n) is 10.2. The first kappa shape index (κ1) is 15.1. The number of likely N-dealkylation sites (N-methyl/N-ethyl adjacent to an activating group) is 1. The number of carbonyl (C=O) groups is 3. The van der Waals surface area contributed by atoms with Gasteiger partial charge >= 0.3 is 5.97 Å². The van der Waals surface area contributed by atoms with Gasteiger partial charge in [0.05, 0.1) is 18.0 Å². The molecule has 7 nitrogen and oxygen atoms in total. The molecule has 0 radical (unpaired) electrons. The molecule has 1 rings (SSSR count). The number of thiophene rings is 1. The highest BCUT2D eigenvalue weighted by atomic mass is 32.1. The van der Waals surface area contributed by atoms with E-state index in [1.54, 1.807) is 17.5 Å². The summed E-state index contributed by atoms with van der Waals surface area (Å²) >= 11 is 1.27. The standard InChI is InChI=1S/C11H14N2O5S/c1-13(10(16)8-3-2-4-19-8)6-9(15)12-5-7(14)11(17)18/h2-4,7,14H,5-6H2,1H3,(H,12,15)(H,17,18). The molecule has 1 aromatic heterocycles. The minimum absolute atomic E-state index is 0.205. The van der Waals surface area contributed by atoms with E-state index in [4.69, 9.17) is 10.2 Å². The number of hydrogen-bond donors (Lipinski definition) is 3. The number of carboxylic acids is 1. The van der Waals surface area contributed by atoms with Crippen LogP contribution in [0.4, 0.5) is 0 Å². The van der Waals surface area contributed by atoms with Crippen LogP contribution >= 0.6 is 11.3 Å². The first-order chi connectivity index (χ1) is 8.91. The van der Waals surface area contributed by atoms with Crippen molar-refractivity contribution in [3.05, 3.63) is 22.4 Å². The van der Waals surface area contributed by atoms with E-state index in [0.717, 1.165) is 0 Å². The van der Waals surface area contributed by atoms with Crippen LogP contribution in [0, 0.1) is 0 Å². The number of aliphatic hydroxyl groups is 1. The maximum absolute atomic E-state index is 11.8. The van der Waals surface area contributed by atoms with Crippen molar-refractivity contribution in [3.8, 4) is 0 Å². The molecule has 0 aliphatic carbocycles.